The number of ether oxygens (including phenoxy) is 1. The van der Waals surface area contributed by atoms with E-state index in [1.54, 1.807) is 0 Å². The lowest BCUT2D eigenvalue weighted by molar-refractivity contribution is -0.122. The summed E-state index contributed by atoms with van der Waals surface area (Å²) in [5, 5.41) is 2.85. The number of benzene rings is 1. The molecule has 1 aromatic rings. The third kappa shape index (κ3) is 5.86. The van der Waals surface area contributed by atoms with E-state index in [4.69, 9.17) is 10.5 Å². The van der Waals surface area contributed by atoms with Crippen molar-refractivity contribution < 1.29 is 9.53 Å². The Morgan fingerprint density at radius 3 is 2.67 bits per heavy atom. The molecule has 1 aromatic carbocycles. The van der Waals surface area contributed by atoms with Gasteiger partial charge in [-0.15, -0.1) is 0 Å². The summed E-state index contributed by atoms with van der Waals surface area (Å²) >= 11 is 0. The maximum atomic E-state index is 11.9. The fraction of sp³-hybridized carbons (Fsp3) is 0.588. The lowest BCUT2D eigenvalue weighted by atomic mass is 9.98. The van der Waals surface area contributed by atoms with Gasteiger partial charge in [-0.05, 0) is 24.8 Å². The standard InChI is InChI=1S/C17H26N2O2/c18-16(13-14-7-3-1-4-8-14)17(20)19-11-12-21-15-9-5-2-6-10-15/h1,3-4,7-8,15-16H,2,5-6,9-13,18H2,(H,19,20)/t16-/m1/s1. The molecule has 0 spiro atoms. The Morgan fingerprint density at radius 2 is 1.95 bits per heavy atom. The monoisotopic (exact) mass is 290 g/mol. The third-order valence-corrected chi connectivity index (χ3v) is 3.94. The molecule has 2 rings (SSSR count). The van der Waals surface area contributed by atoms with Crippen LogP contribution in [0.3, 0.4) is 0 Å². The van der Waals surface area contributed by atoms with Crippen LogP contribution in [0.5, 0.6) is 0 Å². The minimum absolute atomic E-state index is 0.105. The summed E-state index contributed by atoms with van der Waals surface area (Å²) in [6.45, 7) is 1.12. The van der Waals surface area contributed by atoms with E-state index in [-0.39, 0.29) is 5.91 Å². The van der Waals surface area contributed by atoms with E-state index >= 15 is 0 Å². The molecule has 4 heteroatoms. The normalized spacial score (nSPS) is 17.4. The van der Waals surface area contributed by atoms with Crippen LogP contribution in [-0.4, -0.2) is 31.2 Å². The zero-order chi connectivity index (χ0) is 14.9. The van der Waals surface area contributed by atoms with E-state index in [1.165, 1.54) is 19.3 Å². The Hall–Kier alpha value is -1.39. The fourth-order valence-electron chi connectivity index (χ4n) is 2.72. The molecule has 0 unspecified atom stereocenters. The Kier molecular flexibility index (Phi) is 6.70. The highest BCUT2D eigenvalue weighted by atomic mass is 16.5. The SMILES string of the molecule is N[C@H](Cc1ccccc1)C(=O)NCCOC1CCCCC1. The molecule has 116 valence electrons. The second kappa shape index (κ2) is 8.80. The molecule has 3 N–H and O–H groups in total. The molecule has 0 aliphatic heterocycles. The second-order valence-corrected chi connectivity index (χ2v) is 5.72. The van der Waals surface area contributed by atoms with Gasteiger partial charge in [0.25, 0.3) is 0 Å². The van der Waals surface area contributed by atoms with E-state index < -0.39 is 6.04 Å². The van der Waals surface area contributed by atoms with Gasteiger partial charge in [0, 0.05) is 6.54 Å². The van der Waals surface area contributed by atoms with Crippen molar-refractivity contribution in [3.63, 3.8) is 0 Å². The molecule has 0 aromatic heterocycles. The van der Waals surface area contributed by atoms with Crippen molar-refractivity contribution >= 4 is 5.91 Å². The summed E-state index contributed by atoms with van der Waals surface area (Å²) in [7, 11) is 0. The molecule has 0 radical (unpaired) electrons. The first-order chi connectivity index (χ1) is 10.3. The molecule has 1 aliphatic carbocycles. The lowest BCUT2D eigenvalue weighted by Crippen LogP contribution is -2.43. The van der Waals surface area contributed by atoms with Gasteiger partial charge in [-0.1, -0.05) is 49.6 Å². The smallest absolute Gasteiger partial charge is 0.237 e. The average Bonchev–Trinajstić information content (AvgIpc) is 2.53. The highest BCUT2D eigenvalue weighted by molar-refractivity contribution is 5.81. The van der Waals surface area contributed by atoms with Crippen LogP contribution < -0.4 is 11.1 Å². The third-order valence-electron chi connectivity index (χ3n) is 3.94. The maximum Gasteiger partial charge on any atom is 0.237 e. The van der Waals surface area contributed by atoms with Crippen LogP contribution in [0.4, 0.5) is 0 Å². The number of amides is 1. The minimum atomic E-state index is -0.498. The van der Waals surface area contributed by atoms with Crippen molar-refractivity contribution in [1.29, 1.82) is 0 Å². The molecule has 0 heterocycles. The largest absolute Gasteiger partial charge is 0.376 e. The van der Waals surface area contributed by atoms with Crippen LogP contribution in [0.1, 0.15) is 37.7 Å². The van der Waals surface area contributed by atoms with Gasteiger partial charge >= 0.3 is 0 Å². The van der Waals surface area contributed by atoms with E-state index in [2.05, 4.69) is 5.32 Å². The number of rotatable bonds is 7. The zero-order valence-corrected chi connectivity index (χ0v) is 12.6. The summed E-state index contributed by atoms with van der Waals surface area (Å²) < 4.78 is 5.78. The number of carbonyl (C=O) groups is 1. The maximum absolute atomic E-state index is 11.9. The second-order valence-electron chi connectivity index (χ2n) is 5.72. The van der Waals surface area contributed by atoms with Crippen LogP contribution >= 0.6 is 0 Å². The van der Waals surface area contributed by atoms with Gasteiger partial charge < -0.3 is 15.8 Å². The average molecular weight is 290 g/mol. The van der Waals surface area contributed by atoms with Crippen molar-refractivity contribution in [2.45, 2.75) is 50.7 Å². The number of nitrogens with two attached hydrogens (primary N) is 1. The van der Waals surface area contributed by atoms with Gasteiger partial charge in [-0.2, -0.15) is 0 Å². The fourth-order valence-corrected chi connectivity index (χ4v) is 2.72. The Bertz CT molecular complexity index is 416. The van der Waals surface area contributed by atoms with Crippen LogP contribution in [0.15, 0.2) is 30.3 Å². The minimum Gasteiger partial charge on any atom is -0.376 e. The molecular formula is C17H26N2O2. The molecule has 1 amide bonds. The van der Waals surface area contributed by atoms with E-state index in [0.29, 0.717) is 25.7 Å². The predicted molar refractivity (Wildman–Crippen MR) is 84.0 cm³/mol. The van der Waals surface area contributed by atoms with Crippen LogP contribution in [0.25, 0.3) is 0 Å². The van der Waals surface area contributed by atoms with E-state index in [0.717, 1.165) is 18.4 Å². The van der Waals surface area contributed by atoms with Crippen molar-refractivity contribution in [3.8, 4) is 0 Å². The number of nitrogens with one attached hydrogen (secondary N) is 1. The molecular weight excluding hydrogens is 264 g/mol. The highest BCUT2D eigenvalue weighted by Crippen LogP contribution is 2.19. The number of carbonyl (C=O) groups excluding carboxylic acids is 1. The number of hydrogen-bond donors (Lipinski definition) is 2. The topological polar surface area (TPSA) is 64.4 Å². The van der Waals surface area contributed by atoms with Crippen molar-refractivity contribution in [3.05, 3.63) is 35.9 Å². The number of hydrogen-bond acceptors (Lipinski definition) is 3. The van der Waals surface area contributed by atoms with Crippen LogP contribution in [0, 0.1) is 0 Å². The van der Waals surface area contributed by atoms with E-state index in [9.17, 15) is 4.79 Å². The van der Waals surface area contributed by atoms with Crippen LogP contribution in [-0.2, 0) is 16.0 Å². The van der Waals surface area contributed by atoms with Gasteiger partial charge in [-0.3, -0.25) is 4.79 Å². The quantitative estimate of drug-likeness (QED) is 0.755. The van der Waals surface area contributed by atoms with Crippen molar-refractivity contribution in [2.75, 3.05) is 13.2 Å². The summed E-state index contributed by atoms with van der Waals surface area (Å²) in [5.41, 5.74) is 7.00. The van der Waals surface area contributed by atoms with Gasteiger partial charge in [0.15, 0.2) is 0 Å². The summed E-state index contributed by atoms with van der Waals surface area (Å²) in [4.78, 5) is 11.9. The molecule has 1 aliphatic rings. The predicted octanol–water partition coefficient (Wildman–Crippen LogP) is 2.02. The Morgan fingerprint density at radius 1 is 1.24 bits per heavy atom. The van der Waals surface area contributed by atoms with Crippen molar-refractivity contribution in [1.82, 2.24) is 5.32 Å². The summed E-state index contributed by atoms with van der Waals surface area (Å²) in [5.74, 6) is -0.105. The van der Waals surface area contributed by atoms with Crippen molar-refractivity contribution in [2.24, 2.45) is 5.73 Å². The molecule has 0 bridgehead atoms. The lowest BCUT2D eigenvalue weighted by Gasteiger charge is -2.22. The molecule has 4 nitrogen and oxygen atoms in total. The Labute approximate surface area is 127 Å². The highest BCUT2D eigenvalue weighted by Gasteiger charge is 2.15. The molecule has 1 fully saturated rings. The van der Waals surface area contributed by atoms with E-state index in [1.807, 2.05) is 30.3 Å². The molecule has 1 saturated carbocycles. The first-order valence-corrected chi connectivity index (χ1v) is 7.94. The molecule has 0 saturated heterocycles. The molecule has 21 heavy (non-hydrogen) atoms. The van der Waals surface area contributed by atoms with Gasteiger partial charge in [-0.25, -0.2) is 0 Å². The van der Waals surface area contributed by atoms with Gasteiger partial charge in [0.2, 0.25) is 5.91 Å². The summed E-state index contributed by atoms with van der Waals surface area (Å²) in [6.07, 6.45) is 7.11. The first kappa shape index (κ1) is 16.0. The van der Waals surface area contributed by atoms with Gasteiger partial charge in [0.1, 0.15) is 0 Å². The van der Waals surface area contributed by atoms with Gasteiger partial charge in [0.05, 0.1) is 18.8 Å². The molecule has 1 atom stereocenters. The summed E-state index contributed by atoms with van der Waals surface area (Å²) in [6, 6.07) is 9.34. The zero-order valence-electron chi connectivity index (χ0n) is 12.6. The van der Waals surface area contributed by atoms with Crippen LogP contribution in [0.2, 0.25) is 0 Å². The Balaban J connectivity index is 1.60. The first-order valence-electron chi connectivity index (χ1n) is 7.94.